The van der Waals surface area contributed by atoms with Gasteiger partial charge in [-0.05, 0) is 19.1 Å². The highest BCUT2D eigenvalue weighted by atomic mass is 19.1. The van der Waals surface area contributed by atoms with Gasteiger partial charge in [0.1, 0.15) is 5.82 Å². The molecule has 1 heterocycles. The Kier molecular flexibility index (Phi) is 2.97. The number of benzene rings is 1. The number of nitrogen functional groups attached to an aromatic ring is 1. The van der Waals surface area contributed by atoms with Gasteiger partial charge in [-0.25, -0.2) is 8.78 Å². The quantitative estimate of drug-likeness (QED) is 0.803. The Balaban J connectivity index is 2.29. The lowest BCUT2D eigenvalue weighted by Crippen LogP contribution is -2.14. The number of carbonyl (C=O) groups is 1. The molecule has 18 heavy (non-hydrogen) atoms. The summed E-state index contributed by atoms with van der Waals surface area (Å²) >= 11 is 0. The highest BCUT2D eigenvalue weighted by molar-refractivity contribution is 6.04. The molecule has 0 aliphatic rings. The number of amides is 1. The van der Waals surface area contributed by atoms with Crippen LogP contribution in [0.15, 0.2) is 22.7 Å². The summed E-state index contributed by atoms with van der Waals surface area (Å²) in [6.07, 6.45) is 0. The van der Waals surface area contributed by atoms with Crippen LogP contribution in [-0.2, 0) is 0 Å². The lowest BCUT2D eigenvalue weighted by molar-refractivity contribution is 0.101. The molecule has 5 nitrogen and oxygen atoms in total. The summed E-state index contributed by atoms with van der Waals surface area (Å²) in [6, 6.07) is 2.99. The Labute approximate surface area is 101 Å². The van der Waals surface area contributed by atoms with Crippen molar-refractivity contribution < 1.29 is 18.1 Å². The van der Waals surface area contributed by atoms with E-state index in [0.29, 0.717) is 5.69 Å². The molecule has 0 aliphatic heterocycles. The third-order valence-electron chi connectivity index (χ3n) is 2.17. The number of nitrogens with zero attached hydrogens (tertiary/aromatic N) is 1. The maximum Gasteiger partial charge on any atom is 0.261 e. The van der Waals surface area contributed by atoms with E-state index in [2.05, 4.69) is 10.5 Å². The smallest absolute Gasteiger partial charge is 0.261 e. The van der Waals surface area contributed by atoms with Crippen molar-refractivity contribution >= 4 is 17.5 Å². The molecule has 0 spiro atoms. The Hall–Kier alpha value is -2.44. The normalized spacial score (nSPS) is 10.4. The molecule has 1 amide bonds. The molecule has 0 unspecified atom stereocenters. The number of nitrogens with two attached hydrogens (primary N) is 1. The van der Waals surface area contributed by atoms with E-state index < -0.39 is 28.8 Å². The van der Waals surface area contributed by atoms with Crippen LogP contribution in [0.1, 0.15) is 16.1 Å². The molecule has 7 heteroatoms. The Morgan fingerprint density at radius 1 is 1.39 bits per heavy atom. The van der Waals surface area contributed by atoms with Gasteiger partial charge in [-0.1, -0.05) is 5.16 Å². The van der Waals surface area contributed by atoms with E-state index in [9.17, 15) is 13.6 Å². The molecule has 1 aromatic heterocycles. The van der Waals surface area contributed by atoms with Crippen molar-refractivity contribution in [2.45, 2.75) is 6.92 Å². The van der Waals surface area contributed by atoms with E-state index in [4.69, 9.17) is 10.3 Å². The minimum atomic E-state index is -0.981. The molecular weight excluding hydrogens is 244 g/mol. The number of anilines is 2. The first-order chi connectivity index (χ1) is 8.47. The van der Waals surface area contributed by atoms with Crippen molar-refractivity contribution in [2.75, 3.05) is 11.1 Å². The second kappa shape index (κ2) is 4.44. The van der Waals surface area contributed by atoms with Crippen LogP contribution in [0.3, 0.4) is 0 Å². The lowest BCUT2D eigenvalue weighted by Gasteiger charge is -2.05. The highest BCUT2D eigenvalue weighted by Crippen LogP contribution is 2.19. The summed E-state index contributed by atoms with van der Waals surface area (Å²) in [5, 5.41) is 5.78. The lowest BCUT2D eigenvalue weighted by atomic mass is 10.1. The summed E-state index contributed by atoms with van der Waals surface area (Å²) in [5.41, 5.74) is 4.84. The third-order valence-corrected chi connectivity index (χ3v) is 2.17. The van der Waals surface area contributed by atoms with Crippen LogP contribution in [0.4, 0.5) is 20.4 Å². The third kappa shape index (κ3) is 2.29. The molecule has 3 N–H and O–H groups in total. The summed E-state index contributed by atoms with van der Waals surface area (Å²) in [7, 11) is 0. The van der Waals surface area contributed by atoms with Crippen LogP contribution < -0.4 is 11.1 Å². The van der Waals surface area contributed by atoms with Gasteiger partial charge in [-0.2, -0.15) is 0 Å². The maximum absolute atomic E-state index is 13.5. The van der Waals surface area contributed by atoms with Crippen LogP contribution in [0.2, 0.25) is 0 Å². The molecule has 0 aliphatic carbocycles. The van der Waals surface area contributed by atoms with Crippen LogP contribution in [0.5, 0.6) is 0 Å². The van der Waals surface area contributed by atoms with Crippen molar-refractivity contribution in [2.24, 2.45) is 0 Å². The number of hydrogen-bond donors (Lipinski definition) is 2. The molecule has 0 saturated carbocycles. The van der Waals surface area contributed by atoms with E-state index in [0.717, 1.165) is 12.1 Å². The van der Waals surface area contributed by atoms with Gasteiger partial charge >= 0.3 is 0 Å². The van der Waals surface area contributed by atoms with Gasteiger partial charge in [0.15, 0.2) is 5.82 Å². The van der Waals surface area contributed by atoms with Crippen molar-refractivity contribution in [3.63, 3.8) is 0 Å². The Morgan fingerprint density at radius 2 is 2.11 bits per heavy atom. The zero-order chi connectivity index (χ0) is 13.3. The van der Waals surface area contributed by atoms with Crippen molar-refractivity contribution in [1.82, 2.24) is 5.16 Å². The zero-order valence-corrected chi connectivity index (χ0v) is 9.33. The molecule has 0 radical (unpaired) electrons. The molecule has 1 aromatic carbocycles. The zero-order valence-electron chi connectivity index (χ0n) is 9.33. The van der Waals surface area contributed by atoms with Gasteiger partial charge in [-0.15, -0.1) is 0 Å². The second-order valence-electron chi connectivity index (χ2n) is 3.64. The largest absolute Gasteiger partial charge is 0.396 e. The predicted molar refractivity (Wildman–Crippen MR) is 60.0 cm³/mol. The number of rotatable bonds is 2. The van der Waals surface area contributed by atoms with E-state index in [-0.39, 0.29) is 5.88 Å². The molecule has 2 rings (SSSR count). The number of aryl methyl sites for hydroxylation is 1. The Morgan fingerprint density at radius 3 is 2.72 bits per heavy atom. The average Bonchev–Trinajstić information content (AvgIpc) is 2.69. The maximum atomic E-state index is 13.5. The van der Waals surface area contributed by atoms with Gasteiger partial charge in [0.05, 0.1) is 16.9 Å². The van der Waals surface area contributed by atoms with Gasteiger partial charge in [0, 0.05) is 6.07 Å². The minimum absolute atomic E-state index is 0.0414. The van der Waals surface area contributed by atoms with E-state index in [1.165, 1.54) is 6.07 Å². The fourth-order valence-corrected chi connectivity index (χ4v) is 1.38. The van der Waals surface area contributed by atoms with E-state index >= 15 is 0 Å². The summed E-state index contributed by atoms with van der Waals surface area (Å²) in [5.74, 6) is -2.60. The van der Waals surface area contributed by atoms with Gasteiger partial charge in [0.25, 0.3) is 5.91 Å². The average molecular weight is 253 g/mol. The number of carbonyl (C=O) groups excluding carboxylic acids is 1. The fraction of sp³-hybridized carbons (Fsp3) is 0.0909. The molecule has 0 fully saturated rings. The topological polar surface area (TPSA) is 81.2 Å². The van der Waals surface area contributed by atoms with E-state index in [1.54, 1.807) is 6.92 Å². The first kappa shape index (κ1) is 12.0. The monoisotopic (exact) mass is 253 g/mol. The van der Waals surface area contributed by atoms with Crippen LogP contribution >= 0.6 is 0 Å². The summed E-state index contributed by atoms with van der Waals surface area (Å²) in [4.78, 5) is 11.7. The van der Waals surface area contributed by atoms with Crippen molar-refractivity contribution in [1.29, 1.82) is 0 Å². The number of hydrogen-bond acceptors (Lipinski definition) is 4. The molecular formula is C11H9F2N3O2. The van der Waals surface area contributed by atoms with Crippen molar-refractivity contribution in [3.05, 3.63) is 41.1 Å². The predicted octanol–water partition coefficient (Wildman–Crippen LogP) is 2.10. The number of aromatic nitrogens is 1. The summed E-state index contributed by atoms with van der Waals surface area (Å²) in [6.45, 7) is 1.65. The van der Waals surface area contributed by atoms with Crippen LogP contribution in [0.25, 0.3) is 0 Å². The first-order valence-corrected chi connectivity index (χ1v) is 4.96. The van der Waals surface area contributed by atoms with Crippen LogP contribution in [-0.4, -0.2) is 11.1 Å². The minimum Gasteiger partial charge on any atom is -0.396 e. The van der Waals surface area contributed by atoms with E-state index in [1.807, 2.05) is 0 Å². The van der Waals surface area contributed by atoms with Crippen LogP contribution in [0, 0.1) is 18.6 Å². The SMILES string of the molecule is Cc1cc(NC(=O)c2cc(F)cc(N)c2F)on1. The number of halogens is 2. The summed E-state index contributed by atoms with van der Waals surface area (Å²) < 4.78 is 31.3. The highest BCUT2D eigenvalue weighted by Gasteiger charge is 2.17. The molecule has 0 bridgehead atoms. The molecule has 0 saturated heterocycles. The molecule has 94 valence electrons. The second-order valence-corrected chi connectivity index (χ2v) is 3.64. The van der Waals surface area contributed by atoms with Gasteiger partial charge in [-0.3, -0.25) is 10.1 Å². The van der Waals surface area contributed by atoms with Crippen molar-refractivity contribution in [3.8, 4) is 0 Å². The molecule has 2 aromatic rings. The first-order valence-electron chi connectivity index (χ1n) is 4.96. The fourth-order valence-electron chi connectivity index (χ4n) is 1.38. The molecule has 0 atom stereocenters. The standard InChI is InChI=1S/C11H9F2N3O2/c1-5-2-9(18-16-5)15-11(17)7-3-6(12)4-8(14)10(7)13/h2-4H,14H2,1H3,(H,15,17). The van der Waals surface area contributed by atoms with Gasteiger partial charge < -0.3 is 10.3 Å². The number of nitrogens with one attached hydrogen (secondary N) is 1. The Bertz CT molecular complexity index is 610. The van der Waals surface area contributed by atoms with Gasteiger partial charge in [0.2, 0.25) is 5.88 Å².